The summed E-state index contributed by atoms with van der Waals surface area (Å²) < 4.78 is 7.94. The highest BCUT2D eigenvalue weighted by Gasteiger charge is 2.42. The van der Waals surface area contributed by atoms with E-state index in [4.69, 9.17) is 4.43 Å². The van der Waals surface area contributed by atoms with Gasteiger partial charge in [0, 0.05) is 3.57 Å². The van der Waals surface area contributed by atoms with Crippen LogP contribution < -0.4 is 0 Å². The van der Waals surface area contributed by atoms with Crippen LogP contribution in [0.4, 0.5) is 0 Å². The Morgan fingerprint density at radius 1 is 1.26 bits per heavy atom. The van der Waals surface area contributed by atoms with E-state index in [9.17, 15) is 4.79 Å². The Morgan fingerprint density at radius 3 is 2.48 bits per heavy atom. The topological polar surface area (TPSA) is 26.3 Å². The van der Waals surface area contributed by atoms with Crippen molar-refractivity contribution >= 4 is 36.7 Å². The number of halogens is 1. The van der Waals surface area contributed by atoms with Gasteiger partial charge in [-0.1, -0.05) is 45.0 Å². The van der Waals surface area contributed by atoms with Crippen molar-refractivity contribution in [3.8, 4) is 0 Å². The number of rotatable bonds is 4. The summed E-state index contributed by atoms with van der Waals surface area (Å²) in [6, 6.07) is 8.30. The number of hydrogen-bond acceptors (Lipinski definition) is 2. The van der Waals surface area contributed by atoms with E-state index in [1.54, 1.807) is 6.08 Å². The van der Waals surface area contributed by atoms with Crippen molar-refractivity contribution in [2.24, 2.45) is 5.92 Å². The molecule has 2 atom stereocenters. The van der Waals surface area contributed by atoms with Gasteiger partial charge in [-0.25, -0.2) is 0 Å². The van der Waals surface area contributed by atoms with Crippen LogP contribution in [-0.4, -0.2) is 14.1 Å². The fourth-order valence-corrected chi connectivity index (χ4v) is 4.58. The van der Waals surface area contributed by atoms with Gasteiger partial charge in [0.05, 0.1) is 12.0 Å². The van der Waals surface area contributed by atoms with Gasteiger partial charge in [0.1, 0.15) is 0 Å². The summed E-state index contributed by atoms with van der Waals surface area (Å²) in [5.74, 6) is 0.143. The third kappa shape index (κ3) is 4.34. The molecular weight excluding hydrogens is 415 g/mol. The zero-order valence-corrected chi connectivity index (χ0v) is 17.9. The molecule has 2 rings (SSSR count). The molecule has 2 nitrogen and oxygen atoms in total. The molecule has 23 heavy (non-hydrogen) atoms. The molecule has 0 radical (unpaired) electrons. The minimum Gasteiger partial charge on any atom is -0.409 e. The first-order valence-corrected chi connectivity index (χ1v) is 12.2. The molecule has 0 N–H and O–H groups in total. The molecule has 126 valence electrons. The van der Waals surface area contributed by atoms with E-state index in [1.165, 1.54) is 3.57 Å². The lowest BCUT2D eigenvalue weighted by molar-refractivity contribution is -0.122. The van der Waals surface area contributed by atoms with Gasteiger partial charge >= 0.3 is 0 Å². The molecule has 1 aliphatic carbocycles. The van der Waals surface area contributed by atoms with Crippen LogP contribution in [0.5, 0.6) is 0 Å². The predicted molar refractivity (Wildman–Crippen MR) is 107 cm³/mol. The summed E-state index contributed by atoms with van der Waals surface area (Å²) in [5, 5.41) is 0.124. The van der Waals surface area contributed by atoms with Crippen LogP contribution in [0.3, 0.4) is 0 Å². The van der Waals surface area contributed by atoms with E-state index in [0.29, 0.717) is 0 Å². The first kappa shape index (κ1) is 18.9. The minimum atomic E-state index is -1.97. The molecule has 0 heterocycles. The molecule has 0 fully saturated rings. The Bertz CT molecular complexity index is 602. The van der Waals surface area contributed by atoms with E-state index >= 15 is 0 Å². The predicted octanol–water partition coefficient (Wildman–Crippen LogP) is 5.89. The number of hydrogen-bond donors (Lipinski definition) is 0. The zero-order chi connectivity index (χ0) is 17.3. The molecule has 0 bridgehead atoms. The van der Waals surface area contributed by atoms with Gasteiger partial charge in [-0.05, 0) is 71.3 Å². The average Bonchev–Trinajstić information content (AvgIpc) is 2.45. The number of carbonyl (C=O) groups excluding carboxylic acids is 1. The van der Waals surface area contributed by atoms with Gasteiger partial charge in [0.25, 0.3) is 0 Å². The quantitative estimate of drug-likeness (QED) is 0.429. The van der Waals surface area contributed by atoms with Gasteiger partial charge in [-0.3, -0.25) is 4.79 Å². The van der Waals surface area contributed by atoms with Crippen molar-refractivity contribution < 1.29 is 9.22 Å². The van der Waals surface area contributed by atoms with Gasteiger partial charge in [0.2, 0.25) is 0 Å². The van der Waals surface area contributed by atoms with E-state index in [0.717, 1.165) is 18.4 Å². The molecule has 4 heteroatoms. The van der Waals surface area contributed by atoms with E-state index in [1.807, 2.05) is 18.2 Å². The Morgan fingerprint density at radius 2 is 1.91 bits per heavy atom. The summed E-state index contributed by atoms with van der Waals surface area (Å²) in [7, 11) is -1.97. The molecule has 0 saturated carbocycles. The number of ketones is 1. The minimum absolute atomic E-state index is 0.0648. The molecule has 0 aliphatic heterocycles. The van der Waals surface area contributed by atoms with Crippen LogP contribution in [-0.2, 0) is 9.22 Å². The highest BCUT2D eigenvalue weighted by Crippen LogP contribution is 2.44. The Labute approximate surface area is 155 Å². The standard InChI is InChI=1S/C19H27IO2Si/c1-19(2,3)23(4,5)22-18(14-10-6-8-12-16(14)20)15-11-7-9-13-17(15)21/h6,8-10,12-13,15,18H,7,11H2,1-5H3/t15-,18?/m0/s1. The maximum absolute atomic E-state index is 12.5. The van der Waals surface area contributed by atoms with Crippen LogP contribution in [0.15, 0.2) is 36.4 Å². The SMILES string of the molecule is CC(C)(C)[Si](C)(C)OC(c1ccccc1I)[C@H]1CCC=CC1=O. The van der Waals surface area contributed by atoms with Gasteiger partial charge in [0.15, 0.2) is 14.1 Å². The van der Waals surface area contributed by atoms with Crippen molar-refractivity contribution in [3.05, 3.63) is 45.6 Å². The van der Waals surface area contributed by atoms with Crippen LogP contribution in [0, 0.1) is 9.49 Å². The number of carbonyl (C=O) groups is 1. The fourth-order valence-electron chi connectivity index (χ4n) is 2.60. The molecule has 0 saturated heterocycles. The second kappa shape index (κ2) is 7.19. The first-order valence-electron chi connectivity index (χ1n) is 8.26. The molecule has 1 aromatic carbocycles. The highest BCUT2D eigenvalue weighted by atomic mass is 127. The lowest BCUT2D eigenvalue weighted by Gasteiger charge is -2.41. The van der Waals surface area contributed by atoms with Crippen molar-refractivity contribution in [3.63, 3.8) is 0 Å². The van der Waals surface area contributed by atoms with E-state index in [2.05, 4.69) is 68.6 Å². The third-order valence-electron chi connectivity index (χ3n) is 5.10. The second-order valence-corrected chi connectivity index (χ2v) is 13.7. The van der Waals surface area contributed by atoms with Crippen molar-refractivity contribution in [2.45, 2.75) is 57.8 Å². The monoisotopic (exact) mass is 442 g/mol. The zero-order valence-electron chi connectivity index (χ0n) is 14.7. The Hall–Kier alpha value is -0.463. The number of benzene rings is 1. The van der Waals surface area contributed by atoms with Crippen molar-refractivity contribution in [1.82, 2.24) is 0 Å². The average molecular weight is 442 g/mol. The van der Waals surface area contributed by atoms with Crippen LogP contribution >= 0.6 is 22.6 Å². The smallest absolute Gasteiger partial charge is 0.192 e. The normalized spacial score (nSPS) is 20.6. The largest absolute Gasteiger partial charge is 0.409 e. The highest BCUT2D eigenvalue weighted by molar-refractivity contribution is 14.1. The molecule has 1 aliphatic rings. The van der Waals surface area contributed by atoms with Crippen molar-refractivity contribution in [1.29, 1.82) is 0 Å². The van der Waals surface area contributed by atoms with E-state index in [-0.39, 0.29) is 22.8 Å². The van der Waals surface area contributed by atoms with Gasteiger partial charge < -0.3 is 4.43 Å². The molecule has 1 aromatic rings. The summed E-state index contributed by atoms with van der Waals surface area (Å²) in [6.07, 6.45) is 5.42. The summed E-state index contributed by atoms with van der Waals surface area (Å²) >= 11 is 2.36. The Balaban J connectivity index is 2.42. The van der Waals surface area contributed by atoms with Gasteiger partial charge in [-0.15, -0.1) is 0 Å². The fraction of sp³-hybridized carbons (Fsp3) is 0.526. The second-order valence-electron chi connectivity index (χ2n) is 7.81. The van der Waals surface area contributed by atoms with Crippen LogP contribution in [0.2, 0.25) is 18.1 Å². The molecule has 1 unspecified atom stereocenters. The maximum Gasteiger partial charge on any atom is 0.192 e. The van der Waals surface area contributed by atoms with Crippen molar-refractivity contribution in [2.75, 3.05) is 0 Å². The molecular formula is C19H27IO2Si. The summed E-state index contributed by atoms with van der Waals surface area (Å²) in [4.78, 5) is 12.5. The summed E-state index contributed by atoms with van der Waals surface area (Å²) in [5.41, 5.74) is 1.16. The van der Waals surface area contributed by atoms with Crippen LogP contribution in [0.1, 0.15) is 45.3 Å². The Kier molecular flexibility index (Phi) is 5.90. The maximum atomic E-state index is 12.5. The molecule has 0 aromatic heterocycles. The van der Waals surface area contributed by atoms with E-state index < -0.39 is 8.32 Å². The lowest BCUT2D eigenvalue weighted by atomic mass is 9.85. The summed E-state index contributed by atoms with van der Waals surface area (Å²) in [6.45, 7) is 11.3. The van der Waals surface area contributed by atoms with Crippen LogP contribution in [0.25, 0.3) is 0 Å². The first-order chi connectivity index (χ1) is 10.6. The third-order valence-corrected chi connectivity index (χ3v) is 10.5. The van der Waals surface area contributed by atoms with Gasteiger partial charge in [-0.2, -0.15) is 0 Å². The molecule has 0 spiro atoms. The lowest BCUT2D eigenvalue weighted by Crippen LogP contribution is -2.44. The number of allylic oxidation sites excluding steroid dienone is 2. The molecule has 0 amide bonds.